The molecule has 0 spiro atoms. The monoisotopic (exact) mass is 306 g/mol. The second kappa shape index (κ2) is 6.25. The number of nitrogens with one attached hydrogen (secondary N) is 1. The molecule has 0 saturated carbocycles. The Bertz CT molecular complexity index is 603. The van der Waals surface area contributed by atoms with Gasteiger partial charge >= 0.3 is 5.69 Å². The Hall–Kier alpha value is -1.58. The summed E-state index contributed by atoms with van der Waals surface area (Å²) in [4.78, 5) is 9.11. The van der Waals surface area contributed by atoms with E-state index in [1.165, 1.54) is 6.92 Å². The third-order valence-electron chi connectivity index (χ3n) is 2.48. The van der Waals surface area contributed by atoms with Crippen LogP contribution in [-0.4, -0.2) is 30.6 Å². The van der Waals surface area contributed by atoms with Gasteiger partial charge in [-0.1, -0.05) is 0 Å². The minimum Gasteiger partial charge on any atom is -0.393 e. The number of nitro benzene ring substituents is 1. The van der Waals surface area contributed by atoms with Gasteiger partial charge in [-0.05, 0) is 26.3 Å². The molecule has 0 aliphatic carbocycles. The lowest BCUT2D eigenvalue weighted by molar-refractivity contribution is -0.387. The van der Waals surface area contributed by atoms with Gasteiger partial charge in [0.25, 0.3) is 0 Å². The maximum Gasteiger partial charge on any atom is 0.304 e. The first-order valence-corrected chi connectivity index (χ1v) is 7.26. The molecule has 112 valence electrons. The van der Waals surface area contributed by atoms with Crippen LogP contribution in [0, 0.1) is 15.9 Å². The molecule has 0 heterocycles. The first-order valence-electron chi connectivity index (χ1n) is 5.78. The molecule has 7 nitrogen and oxygen atoms in total. The zero-order chi connectivity index (χ0) is 15.5. The molecular formula is C11H15FN2O5S. The molecule has 0 aliphatic heterocycles. The summed E-state index contributed by atoms with van der Waals surface area (Å²) >= 11 is 0. The Balaban J connectivity index is 2.99. The number of aliphatic hydroxyl groups is 1. The summed E-state index contributed by atoms with van der Waals surface area (Å²) in [7, 11) is -3.99. The van der Waals surface area contributed by atoms with Crippen molar-refractivity contribution >= 4 is 15.7 Å². The molecule has 9 heteroatoms. The van der Waals surface area contributed by atoms with Gasteiger partial charge in [0, 0.05) is 18.2 Å². The molecule has 2 unspecified atom stereocenters. The summed E-state index contributed by atoms with van der Waals surface area (Å²) in [5, 5.41) is 19.6. The summed E-state index contributed by atoms with van der Waals surface area (Å²) in [6, 6.07) is 1.79. The van der Waals surface area contributed by atoms with Crippen molar-refractivity contribution in [1.29, 1.82) is 0 Å². The van der Waals surface area contributed by atoms with Gasteiger partial charge in [-0.2, -0.15) is 4.39 Å². The minimum atomic E-state index is -3.99. The standard InChI is InChI=1S/C11H15FN2O5S/c1-7(5-8(2)15)13-20(18,19)9-3-4-11(14(16)17)10(12)6-9/h3-4,6-8,13,15H,5H2,1-2H3. The Morgan fingerprint density at radius 1 is 1.45 bits per heavy atom. The highest BCUT2D eigenvalue weighted by Crippen LogP contribution is 2.21. The number of nitrogens with zero attached hydrogens (tertiary/aromatic N) is 1. The van der Waals surface area contributed by atoms with E-state index in [0.717, 1.165) is 12.1 Å². The van der Waals surface area contributed by atoms with Crippen molar-refractivity contribution in [2.45, 2.75) is 37.3 Å². The van der Waals surface area contributed by atoms with Crippen molar-refractivity contribution in [3.63, 3.8) is 0 Å². The van der Waals surface area contributed by atoms with Gasteiger partial charge in [-0.15, -0.1) is 0 Å². The molecular weight excluding hydrogens is 291 g/mol. The summed E-state index contributed by atoms with van der Waals surface area (Å²) < 4.78 is 39.5. The maximum absolute atomic E-state index is 13.4. The summed E-state index contributed by atoms with van der Waals surface area (Å²) in [5.74, 6) is -1.22. The topological polar surface area (TPSA) is 110 Å². The lowest BCUT2D eigenvalue weighted by atomic mass is 10.2. The third-order valence-corrected chi connectivity index (χ3v) is 4.06. The first kappa shape index (κ1) is 16.5. The fourth-order valence-electron chi connectivity index (χ4n) is 1.70. The fraction of sp³-hybridized carbons (Fsp3) is 0.455. The molecule has 0 saturated heterocycles. The first-order chi connectivity index (χ1) is 9.13. The van der Waals surface area contributed by atoms with Crippen molar-refractivity contribution in [2.75, 3.05) is 0 Å². The highest BCUT2D eigenvalue weighted by atomic mass is 32.2. The number of halogens is 1. The molecule has 1 aromatic carbocycles. The molecule has 0 amide bonds. The van der Waals surface area contributed by atoms with Gasteiger partial charge in [-0.25, -0.2) is 13.1 Å². The van der Waals surface area contributed by atoms with Crippen molar-refractivity contribution in [3.05, 3.63) is 34.1 Å². The fourth-order valence-corrected chi connectivity index (χ4v) is 2.96. The quantitative estimate of drug-likeness (QED) is 0.605. The number of nitro groups is 1. The normalized spacial score (nSPS) is 14.8. The van der Waals surface area contributed by atoms with Crippen LogP contribution < -0.4 is 4.72 Å². The van der Waals surface area contributed by atoms with Crippen LogP contribution in [0.25, 0.3) is 0 Å². The Labute approximate surface area is 115 Å². The minimum absolute atomic E-state index is 0.189. The second-order valence-electron chi connectivity index (χ2n) is 4.48. The zero-order valence-corrected chi connectivity index (χ0v) is 11.7. The number of hydrogen-bond donors (Lipinski definition) is 2. The predicted molar refractivity (Wildman–Crippen MR) is 69.1 cm³/mol. The molecule has 0 aliphatic rings. The van der Waals surface area contributed by atoms with Crippen LogP contribution in [-0.2, 0) is 10.0 Å². The van der Waals surface area contributed by atoms with Gasteiger partial charge in [0.15, 0.2) is 0 Å². The molecule has 0 radical (unpaired) electrons. The number of benzene rings is 1. The zero-order valence-electron chi connectivity index (χ0n) is 10.9. The number of sulfonamides is 1. The average Bonchev–Trinajstić information content (AvgIpc) is 2.25. The van der Waals surface area contributed by atoms with Crippen LogP contribution in [0.3, 0.4) is 0 Å². The number of hydrogen-bond acceptors (Lipinski definition) is 5. The van der Waals surface area contributed by atoms with E-state index in [9.17, 15) is 22.9 Å². The molecule has 0 aromatic heterocycles. The van der Waals surface area contributed by atoms with Gasteiger partial charge < -0.3 is 5.11 Å². The van der Waals surface area contributed by atoms with Crippen LogP contribution >= 0.6 is 0 Å². The van der Waals surface area contributed by atoms with Crippen molar-refractivity contribution in [1.82, 2.24) is 4.72 Å². The smallest absolute Gasteiger partial charge is 0.304 e. The predicted octanol–water partition coefficient (Wildman–Crippen LogP) is 1.17. The van der Waals surface area contributed by atoms with Crippen LogP contribution in [0.2, 0.25) is 0 Å². The van der Waals surface area contributed by atoms with Gasteiger partial charge in [-0.3, -0.25) is 10.1 Å². The summed E-state index contributed by atoms with van der Waals surface area (Å²) in [6.45, 7) is 3.06. The largest absolute Gasteiger partial charge is 0.393 e. The molecule has 1 rings (SSSR count). The molecule has 1 aromatic rings. The second-order valence-corrected chi connectivity index (χ2v) is 6.19. The number of aliphatic hydroxyl groups excluding tert-OH is 1. The van der Waals surface area contributed by atoms with E-state index in [1.54, 1.807) is 6.92 Å². The van der Waals surface area contributed by atoms with Gasteiger partial charge in [0.05, 0.1) is 15.9 Å². The van der Waals surface area contributed by atoms with Crippen molar-refractivity contribution in [2.24, 2.45) is 0 Å². The van der Waals surface area contributed by atoms with Gasteiger partial charge in [0.1, 0.15) is 0 Å². The van der Waals surface area contributed by atoms with Gasteiger partial charge in [0.2, 0.25) is 15.8 Å². The highest BCUT2D eigenvalue weighted by Gasteiger charge is 2.22. The molecule has 0 fully saturated rings. The number of rotatable bonds is 6. The highest BCUT2D eigenvalue weighted by molar-refractivity contribution is 7.89. The maximum atomic E-state index is 13.4. The van der Waals surface area contributed by atoms with Crippen LogP contribution in [0.5, 0.6) is 0 Å². The van der Waals surface area contributed by atoms with Crippen molar-refractivity contribution in [3.8, 4) is 0 Å². The Morgan fingerprint density at radius 3 is 2.50 bits per heavy atom. The lowest BCUT2D eigenvalue weighted by Gasteiger charge is -2.15. The third kappa shape index (κ3) is 4.22. The summed E-state index contributed by atoms with van der Waals surface area (Å²) in [5.41, 5.74) is -0.791. The van der Waals surface area contributed by atoms with E-state index in [-0.39, 0.29) is 6.42 Å². The van der Waals surface area contributed by atoms with Crippen molar-refractivity contribution < 1.29 is 22.8 Å². The summed E-state index contributed by atoms with van der Waals surface area (Å²) in [6.07, 6.45) is -0.504. The van der Waals surface area contributed by atoms with E-state index in [0.29, 0.717) is 6.07 Å². The molecule has 0 bridgehead atoms. The van der Waals surface area contributed by atoms with Crippen LogP contribution in [0.4, 0.5) is 10.1 Å². The SMILES string of the molecule is CC(O)CC(C)NS(=O)(=O)c1ccc([N+](=O)[O-])c(F)c1. The van der Waals surface area contributed by atoms with E-state index in [1.807, 2.05) is 0 Å². The van der Waals surface area contributed by atoms with E-state index in [2.05, 4.69) is 4.72 Å². The van der Waals surface area contributed by atoms with Crippen LogP contribution in [0.1, 0.15) is 20.3 Å². The van der Waals surface area contributed by atoms with E-state index in [4.69, 9.17) is 5.11 Å². The van der Waals surface area contributed by atoms with E-state index >= 15 is 0 Å². The van der Waals surface area contributed by atoms with E-state index < -0.39 is 43.5 Å². The van der Waals surface area contributed by atoms with Crippen LogP contribution in [0.15, 0.2) is 23.1 Å². The Kier molecular flexibility index (Phi) is 5.15. The molecule has 2 N–H and O–H groups in total. The average molecular weight is 306 g/mol. The Morgan fingerprint density at radius 2 is 2.05 bits per heavy atom. The molecule has 2 atom stereocenters. The molecule has 20 heavy (non-hydrogen) atoms. The lowest BCUT2D eigenvalue weighted by Crippen LogP contribution is -2.34.